The van der Waals surface area contributed by atoms with E-state index < -0.39 is 5.97 Å². The third-order valence-corrected chi connectivity index (χ3v) is 2.69. The van der Waals surface area contributed by atoms with Gasteiger partial charge in [0.05, 0.1) is 17.7 Å². The largest absolute Gasteiger partial charge is 0.463 e. The molecule has 0 saturated heterocycles. The quantitative estimate of drug-likeness (QED) is 0.586. The molecule has 0 aliphatic heterocycles. The van der Waals surface area contributed by atoms with E-state index >= 15 is 0 Å². The van der Waals surface area contributed by atoms with Crippen LogP contribution in [-0.2, 0) is 4.74 Å². The molecule has 0 aromatic carbocycles. The van der Waals surface area contributed by atoms with E-state index in [1.54, 1.807) is 11.4 Å². The van der Waals surface area contributed by atoms with Gasteiger partial charge in [0.2, 0.25) is 0 Å². The molecule has 2 aromatic rings. The van der Waals surface area contributed by atoms with Gasteiger partial charge in [-0.3, -0.25) is 4.79 Å². The van der Waals surface area contributed by atoms with Crippen LogP contribution in [0.5, 0.6) is 0 Å². The van der Waals surface area contributed by atoms with Crippen LogP contribution < -0.4 is 0 Å². The number of carbonyl (C=O) groups is 2. The van der Waals surface area contributed by atoms with E-state index in [1.165, 1.54) is 29.5 Å². The number of methoxy groups -OCH3 is 1. The Balaban J connectivity index is 2.31. The third-order valence-electron chi connectivity index (χ3n) is 1.85. The van der Waals surface area contributed by atoms with Gasteiger partial charge in [0, 0.05) is 5.38 Å². The van der Waals surface area contributed by atoms with E-state index in [2.05, 4.69) is 14.8 Å². The van der Waals surface area contributed by atoms with Crippen LogP contribution in [0.1, 0.15) is 20.3 Å². The third kappa shape index (κ3) is 1.84. The van der Waals surface area contributed by atoms with Gasteiger partial charge in [0.25, 0.3) is 5.82 Å². The average molecular weight is 237 g/mol. The van der Waals surface area contributed by atoms with Gasteiger partial charge in [-0.15, -0.1) is 16.4 Å². The van der Waals surface area contributed by atoms with Gasteiger partial charge in [-0.1, -0.05) is 0 Å². The summed E-state index contributed by atoms with van der Waals surface area (Å²) >= 11 is 1.29. The zero-order chi connectivity index (χ0) is 11.5. The highest BCUT2D eigenvalue weighted by molar-refractivity contribution is 7.12. The fraction of sp³-hybridized carbons (Fsp3) is 0.111. The molecule has 0 saturated carbocycles. The molecule has 6 nitrogen and oxygen atoms in total. The summed E-state index contributed by atoms with van der Waals surface area (Å²) in [4.78, 5) is 26.0. The minimum absolute atomic E-state index is 0.0126. The standard InChI is InChI=1S/C9H7N3O3S/c1-15-9(14)8-10-5-12(11-8)6-2-7(3-13)16-4-6/h2-5H,1H3. The zero-order valence-electron chi connectivity index (χ0n) is 8.28. The highest BCUT2D eigenvalue weighted by Crippen LogP contribution is 2.15. The van der Waals surface area contributed by atoms with Gasteiger partial charge in [0.15, 0.2) is 6.29 Å². The summed E-state index contributed by atoms with van der Waals surface area (Å²) in [7, 11) is 1.26. The second kappa shape index (κ2) is 4.23. The Kier molecular flexibility index (Phi) is 2.78. The van der Waals surface area contributed by atoms with Crippen LogP contribution in [0.25, 0.3) is 5.69 Å². The van der Waals surface area contributed by atoms with Gasteiger partial charge in [-0.05, 0) is 6.07 Å². The predicted molar refractivity (Wildman–Crippen MR) is 56.0 cm³/mol. The van der Waals surface area contributed by atoms with Crippen molar-refractivity contribution < 1.29 is 14.3 Å². The smallest absolute Gasteiger partial charge is 0.377 e. The van der Waals surface area contributed by atoms with Crippen LogP contribution in [0, 0.1) is 0 Å². The molecule has 7 heteroatoms. The Morgan fingerprint density at radius 2 is 2.44 bits per heavy atom. The lowest BCUT2D eigenvalue weighted by atomic mass is 10.4. The van der Waals surface area contributed by atoms with E-state index in [-0.39, 0.29) is 5.82 Å². The number of hydrogen-bond acceptors (Lipinski definition) is 6. The van der Waals surface area contributed by atoms with Crippen molar-refractivity contribution in [1.29, 1.82) is 0 Å². The summed E-state index contributed by atoms with van der Waals surface area (Å²) in [5, 5.41) is 5.67. The van der Waals surface area contributed by atoms with Crippen LogP contribution in [0.3, 0.4) is 0 Å². The van der Waals surface area contributed by atoms with Crippen molar-refractivity contribution in [2.45, 2.75) is 0 Å². The van der Waals surface area contributed by atoms with E-state index in [9.17, 15) is 9.59 Å². The van der Waals surface area contributed by atoms with Crippen molar-refractivity contribution in [1.82, 2.24) is 14.8 Å². The van der Waals surface area contributed by atoms with Gasteiger partial charge < -0.3 is 4.74 Å². The lowest BCUT2D eigenvalue weighted by Crippen LogP contribution is -2.04. The molecule has 16 heavy (non-hydrogen) atoms. The molecule has 0 radical (unpaired) electrons. The molecule has 2 heterocycles. The minimum atomic E-state index is -0.593. The number of esters is 1. The lowest BCUT2D eigenvalue weighted by molar-refractivity contribution is 0.0587. The van der Waals surface area contributed by atoms with Crippen molar-refractivity contribution in [2.24, 2.45) is 0 Å². The normalized spacial score (nSPS) is 10.1. The molecule has 0 atom stereocenters. The van der Waals surface area contributed by atoms with Crippen LogP contribution in [-0.4, -0.2) is 34.1 Å². The Morgan fingerprint density at radius 1 is 1.62 bits per heavy atom. The highest BCUT2D eigenvalue weighted by atomic mass is 32.1. The number of rotatable bonds is 3. The second-order valence-corrected chi connectivity index (χ2v) is 3.77. The van der Waals surface area contributed by atoms with Crippen LogP contribution >= 0.6 is 11.3 Å². The Bertz CT molecular complexity index is 532. The molecule has 0 N–H and O–H groups in total. The fourth-order valence-corrected chi connectivity index (χ4v) is 1.77. The molecule has 0 aliphatic rings. The summed E-state index contributed by atoms with van der Waals surface area (Å²) < 4.78 is 5.89. The van der Waals surface area contributed by atoms with E-state index in [0.29, 0.717) is 10.6 Å². The SMILES string of the molecule is COC(=O)c1ncn(-c2csc(C=O)c2)n1. The van der Waals surface area contributed by atoms with Gasteiger partial charge in [-0.2, -0.15) is 0 Å². The van der Waals surface area contributed by atoms with Crippen molar-refractivity contribution in [3.63, 3.8) is 0 Å². The molecule has 2 rings (SSSR count). The van der Waals surface area contributed by atoms with Crippen molar-refractivity contribution in [3.8, 4) is 5.69 Å². The van der Waals surface area contributed by atoms with Gasteiger partial charge in [-0.25, -0.2) is 14.5 Å². The highest BCUT2D eigenvalue weighted by Gasteiger charge is 2.12. The monoisotopic (exact) mass is 237 g/mol. The number of carbonyl (C=O) groups excluding carboxylic acids is 2. The predicted octanol–water partition coefficient (Wildman–Crippen LogP) is 0.928. The van der Waals surface area contributed by atoms with Crippen molar-refractivity contribution in [3.05, 3.63) is 28.5 Å². The molecule has 0 bridgehead atoms. The van der Waals surface area contributed by atoms with Gasteiger partial charge >= 0.3 is 5.97 Å². The molecular formula is C9H7N3O3S. The molecule has 0 unspecified atom stereocenters. The summed E-state index contributed by atoms with van der Waals surface area (Å²) in [5.41, 5.74) is 0.690. The number of hydrogen-bond donors (Lipinski definition) is 0. The molecule has 0 spiro atoms. The second-order valence-electron chi connectivity index (χ2n) is 2.83. The molecular weight excluding hydrogens is 230 g/mol. The fourth-order valence-electron chi connectivity index (χ4n) is 1.10. The Labute approximate surface area is 94.5 Å². The maximum Gasteiger partial charge on any atom is 0.377 e. The molecule has 0 fully saturated rings. The topological polar surface area (TPSA) is 74.1 Å². The maximum absolute atomic E-state index is 11.1. The number of ether oxygens (including phenoxy) is 1. The summed E-state index contributed by atoms with van der Waals surface area (Å²) in [5.74, 6) is -0.606. The van der Waals surface area contributed by atoms with Crippen LogP contribution in [0.2, 0.25) is 0 Å². The number of aldehydes is 1. The van der Waals surface area contributed by atoms with E-state index in [4.69, 9.17) is 0 Å². The Hall–Kier alpha value is -2.02. The summed E-state index contributed by atoms with van der Waals surface area (Å²) in [6.07, 6.45) is 2.15. The summed E-state index contributed by atoms with van der Waals surface area (Å²) in [6.45, 7) is 0. The minimum Gasteiger partial charge on any atom is -0.463 e. The number of aromatic nitrogens is 3. The molecule has 0 amide bonds. The Morgan fingerprint density at radius 3 is 3.06 bits per heavy atom. The average Bonchev–Trinajstić information content (AvgIpc) is 2.95. The maximum atomic E-state index is 11.1. The first-order chi connectivity index (χ1) is 7.74. The van der Waals surface area contributed by atoms with Gasteiger partial charge in [0.1, 0.15) is 6.33 Å². The summed E-state index contributed by atoms with van der Waals surface area (Å²) in [6, 6.07) is 1.66. The van der Waals surface area contributed by atoms with Crippen LogP contribution in [0.15, 0.2) is 17.8 Å². The zero-order valence-corrected chi connectivity index (χ0v) is 9.10. The first-order valence-electron chi connectivity index (χ1n) is 4.28. The molecule has 0 aliphatic carbocycles. The van der Waals surface area contributed by atoms with Crippen molar-refractivity contribution >= 4 is 23.6 Å². The first kappa shape index (κ1) is 10.5. The number of thiophene rings is 1. The lowest BCUT2D eigenvalue weighted by Gasteiger charge is -1.93. The molecule has 82 valence electrons. The first-order valence-corrected chi connectivity index (χ1v) is 5.16. The van der Waals surface area contributed by atoms with Crippen LogP contribution in [0.4, 0.5) is 0 Å². The van der Waals surface area contributed by atoms with E-state index in [1.807, 2.05) is 0 Å². The number of nitrogens with zero attached hydrogens (tertiary/aromatic N) is 3. The van der Waals surface area contributed by atoms with Crippen molar-refractivity contribution in [2.75, 3.05) is 7.11 Å². The van der Waals surface area contributed by atoms with E-state index in [0.717, 1.165) is 6.29 Å². The molecule has 2 aromatic heterocycles.